The monoisotopic (exact) mass is 203 g/mol. The van der Waals surface area contributed by atoms with Gasteiger partial charge in [-0.2, -0.15) is 0 Å². The maximum Gasteiger partial charge on any atom is 0.124 e. The summed E-state index contributed by atoms with van der Waals surface area (Å²) >= 11 is 0. The van der Waals surface area contributed by atoms with Crippen LogP contribution in [0.1, 0.15) is 11.3 Å². The molecule has 0 aliphatic heterocycles. The van der Waals surface area contributed by atoms with Gasteiger partial charge in [0.05, 0.1) is 17.9 Å². The highest BCUT2D eigenvalue weighted by atomic mass is 16.5. The molecular weight excluding hydrogens is 190 g/mol. The highest BCUT2D eigenvalue weighted by Crippen LogP contribution is 2.19. The van der Waals surface area contributed by atoms with Gasteiger partial charge in [-0.1, -0.05) is 11.2 Å². The summed E-state index contributed by atoms with van der Waals surface area (Å²) in [5, 5.41) is 7.00. The fourth-order valence-electron chi connectivity index (χ4n) is 1.36. The Labute approximate surface area is 88.1 Å². The number of nitrogens with one attached hydrogen (secondary N) is 1. The molecule has 2 aromatic rings. The number of aromatic nitrogens is 1. The Morgan fingerprint density at radius 1 is 1.40 bits per heavy atom. The third-order valence-electron chi connectivity index (χ3n) is 2.16. The van der Waals surface area contributed by atoms with E-state index in [1.807, 2.05) is 31.2 Å². The topological polar surface area (TPSA) is 64.1 Å². The van der Waals surface area contributed by atoms with Crippen LogP contribution in [-0.2, 0) is 6.54 Å². The van der Waals surface area contributed by atoms with Gasteiger partial charge in [0, 0.05) is 6.07 Å². The van der Waals surface area contributed by atoms with Gasteiger partial charge < -0.3 is 15.6 Å². The average Bonchev–Trinajstić information content (AvgIpc) is 2.69. The van der Waals surface area contributed by atoms with Crippen molar-refractivity contribution < 1.29 is 4.52 Å². The Kier molecular flexibility index (Phi) is 2.58. The molecule has 0 aliphatic carbocycles. The molecule has 3 N–H and O–H groups in total. The molecule has 0 saturated carbocycles. The molecule has 0 atom stereocenters. The van der Waals surface area contributed by atoms with Crippen molar-refractivity contribution >= 4 is 11.4 Å². The molecule has 1 aromatic carbocycles. The molecule has 4 heteroatoms. The van der Waals surface area contributed by atoms with Gasteiger partial charge in [-0.25, -0.2) is 0 Å². The number of rotatable bonds is 3. The molecule has 2 rings (SSSR count). The highest BCUT2D eigenvalue weighted by molar-refractivity contribution is 5.66. The third kappa shape index (κ3) is 2.28. The molecule has 4 nitrogen and oxygen atoms in total. The van der Waals surface area contributed by atoms with Crippen molar-refractivity contribution in [3.63, 3.8) is 0 Å². The number of aryl methyl sites for hydroxylation is 1. The summed E-state index contributed by atoms with van der Waals surface area (Å²) in [4.78, 5) is 0. The molecule has 0 aliphatic rings. The van der Waals surface area contributed by atoms with E-state index in [1.54, 1.807) is 6.26 Å². The van der Waals surface area contributed by atoms with E-state index in [1.165, 1.54) is 0 Å². The van der Waals surface area contributed by atoms with E-state index in [9.17, 15) is 0 Å². The number of hydrogen-bond acceptors (Lipinski definition) is 4. The first-order valence-corrected chi connectivity index (χ1v) is 4.75. The Morgan fingerprint density at radius 2 is 2.27 bits per heavy atom. The number of anilines is 2. The molecule has 0 radical (unpaired) electrons. The second-order valence-electron chi connectivity index (χ2n) is 3.44. The van der Waals surface area contributed by atoms with E-state index >= 15 is 0 Å². The lowest BCUT2D eigenvalue weighted by atomic mass is 10.2. The zero-order valence-electron chi connectivity index (χ0n) is 8.53. The molecule has 1 aromatic heterocycles. The third-order valence-corrected chi connectivity index (χ3v) is 2.16. The van der Waals surface area contributed by atoms with Gasteiger partial charge in [0.25, 0.3) is 0 Å². The van der Waals surface area contributed by atoms with Crippen LogP contribution in [0, 0.1) is 6.92 Å². The van der Waals surface area contributed by atoms with Gasteiger partial charge in [-0.05, 0) is 24.6 Å². The first-order chi connectivity index (χ1) is 7.25. The van der Waals surface area contributed by atoms with Gasteiger partial charge in [0.15, 0.2) is 0 Å². The normalized spacial score (nSPS) is 10.2. The lowest BCUT2D eigenvalue weighted by Crippen LogP contribution is -2.02. The maximum atomic E-state index is 5.85. The Hall–Kier alpha value is -1.97. The van der Waals surface area contributed by atoms with Crippen molar-refractivity contribution in [2.75, 3.05) is 11.1 Å². The molecule has 1 heterocycles. The molecule has 0 spiro atoms. The largest absolute Gasteiger partial charge is 0.397 e. The van der Waals surface area contributed by atoms with Crippen LogP contribution in [0.2, 0.25) is 0 Å². The zero-order valence-corrected chi connectivity index (χ0v) is 8.53. The Balaban J connectivity index is 2.05. The highest BCUT2D eigenvalue weighted by Gasteiger charge is 2.00. The molecule has 78 valence electrons. The van der Waals surface area contributed by atoms with Crippen LogP contribution >= 0.6 is 0 Å². The van der Waals surface area contributed by atoms with Crippen molar-refractivity contribution in [3.8, 4) is 0 Å². The number of nitrogen functional groups attached to an aromatic ring is 1. The van der Waals surface area contributed by atoms with E-state index in [-0.39, 0.29) is 0 Å². The van der Waals surface area contributed by atoms with Crippen LogP contribution in [0.5, 0.6) is 0 Å². The van der Waals surface area contributed by atoms with Crippen LogP contribution in [0.3, 0.4) is 0 Å². The molecule has 0 unspecified atom stereocenters. The minimum atomic E-state index is 0.615. The average molecular weight is 203 g/mol. The van der Waals surface area contributed by atoms with E-state index in [2.05, 4.69) is 10.5 Å². The first kappa shape index (κ1) is 9.58. The summed E-state index contributed by atoms with van der Waals surface area (Å²) < 4.78 is 4.73. The van der Waals surface area contributed by atoms with Crippen LogP contribution in [0.15, 0.2) is 35.1 Å². The molecule has 0 bridgehead atoms. The predicted octanol–water partition coefficient (Wildman–Crippen LogP) is 2.18. The van der Waals surface area contributed by atoms with E-state index in [0.29, 0.717) is 6.54 Å². The summed E-state index contributed by atoms with van der Waals surface area (Å²) in [7, 11) is 0. The minimum absolute atomic E-state index is 0.615. The van der Waals surface area contributed by atoms with Crippen LogP contribution in [0.4, 0.5) is 11.4 Å². The predicted molar refractivity (Wildman–Crippen MR) is 59.4 cm³/mol. The minimum Gasteiger partial charge on any atom is -0.397 e. The SMILES string of the molecule is Cc1ccc(NCc2ccon2)c(N)c1. The smallest absolute Gasteiger partial charge is 0.124 e. The first-order valence-electron chi connectivity index (χ1n) is 4.75. The fourth-order valence-corrected chi connectivity index (χ4v) is 1.36. The molecular formula is C11H13N3O. The summed E-state index contributed by atoms with van der Waals surface area (Å²) in [6, 6.07) is 7.73. The second-order valence-corrected chi connectivity index (χ2v) is 3.44. The van der Waals surface area contributed by atoms with Crippen molar-refractivity contribution in [2.45, 2.75) is 13.5 Å². The summed E-state index contributed by atoms with van der Waals surface area (Å²) in [5.74, 6) is 0. The maximum absolute atomic E-state index is 5.85. The number of nitrogens with zero attached hydrogens (tertiary/aromatic N) is 1. The lowest BCUT2D eigenvalue weighted by molar-refractivity contribution is 0.412. The van der Waals surface area contributed by atoms with Crippen LogP contribution < -0.4 is 11.1 Å². The van der Waals surface area contributed by atoms with E-state index in [0.717, 1.165) is 22.6 Å². The van der Waals surface area contributed by atoms with Gasteiger partial charge in [-0.15, -0.1) is 0 Å². The van der Waals surface area contributed by atoms with Gasteiger partial charge >= 0.3 is 0 Å². The second kappa shape index (κ2) is 4.04. The van der Waals surface area contributed by atoms with Crippen molar-refractivity contribution in [1.82, 2.24) is 5.16 Å². The van der Waals surface area contributed by atoms with Gasteiger partial charge in [0.1, 0.15) is 12.0 Å². The number of hydrogen-bond donors (Lipinski definition) is 2. The van der Waals surface area contributed by atoms with Gasteiger partial charge in [-0.3, -0.25) is 0 Å². The lowest BCUT2D eigenvalue weighted by Gasteiger charge is -2.08. The standard InChI is InChI=1S/C11H13N3O/c1-8-2-3-11(10(12)6-8)13-7-9-4-5-15-14-9/h2-6,13H,7,12H2,1H3. The van der Waals surface area contributed by atoms with Crippen LogP contribution in [-0.4, -0.2) is 5.16 Å². The summed E-state index contributed by atoms with van der Waals surface area (Å²) in [6.07, 6.45) is 1.55. The Bertz CT molecular complexity index is 437. The van der Waals surface area contributed by atoms with Gasteiger partial charge in [0.2, 0.25) is 0 Å². The number of benzene rings is 1. The molecule has 0 saturated heterocycles. The molecule has 0 fully saturated rings. The summed E-state index contributed by atoms with van der Waals surface area (Å²) in [6.45, 7) is 2.63. The van der Waals surface area contributed by atoms with Crippen molar-refractivity contribution in [3.05, 3.63) is 41.8 Å². The zero-order chi connectivity index (χ0) is 10.7. The van der Waals surface area contributed by atoms with E-state index < -0.39 is 0 Å². The summed E-state index contributed by atoms with van der Waals surface area (Å²) in [5.41, 5.74) is 9.53. The van der Waals surface area contributed by atoms with Crippen LogP contribution in [0.25, 0.3) is 0 Å². The van der Waals surface area contributed by atoms with E-state index in [4.69, 9.17) is 10.3 Å². The van der Waals surface area contributed by atoms with Crippen molar-refractivity contribution in [2.24, 2.45) is 0 Å². The fraction of sp³-hybridized carbons (Fsp3) is 0.182. The Morgan fingerprint density at radius 3 is 2.93 bits per heavy atom. The quantitative estimate of drug-likeness (QED) is 0.750. The molecule has 0 amide bonds. The number of nitrogens with two attached hydrogens (primary N) is 1. The van der Waals surface area contributed by atoms with Crippen molar-refractivity contribution in [1.29, 1.82) is 0 Å². The molecule has 15 heavy (non-hydrogen) atoms.